The maximum Gasteiger partial charge on any atom is 0.295 e. The Kier molecular flexibility index (Phi) is 7.06. The summed E-state index contributed by atoms with van der Waals surface area (Å²) in [6, 6.07) is 11.1. The zero-order valence-electron chi connectivity index (χ0n) is 18.9. The average Bonchev–Trinajstić information content (AvgIpc) is 3.16. The van der Waals surface area contributed by atoms with Gasteiger partial charge in [-0.1, -0.05) is 0 Å². The van der Waals surface area contributed by atoms with E-state index in [1.807, 2.05) is 19.9 Å². The standard InChI is InChI=1S/C23H30N4O5S/c1-3-30-18-11-16(12-19(13-18)31-4-2)15-27-9-7-17(8-10-27)25-23-26-21-14-20(33(24,28)29)5-6-22(21)32-23/h5-6,11-14,17H,3-4,7-10,15H2,1-2H3,(H,25,26)(H2,24,28,29). The molecule has 9 nitrogen and oxygen atoms in total. The van der Waals surface area contributed by atoms with E-state index >= 15 is 0 Å². The Hall–Kier alpha value is -2.82. The van der Waals surface area contributed by atoms with Crippen molar-refractivity contribution in [3.63, 3.8) is 0 Å². The molecule has 0 amide bonds. The molecule has 1 aliphatic heterocycles. The molecule has 0 spiro atoms. The van der Waals surface area contributed by atoms with Gasteiger partial charge in [0.25, 0.3) is 6.01 Å². The number of nitrogens with zero attached hydrogens (tertiary/aromatic N) is 2. The fourth-order valence-electron chi connectivity index (χ4n) is 4.04. The predicted octanol–water partition coefficient (Wildman–Crippen LogP) is 3.35. The molecule has 0 unspecified atom stereocenters. The SMILES string of the molecule is CCOc1cc(CN2CCC(Nc3nc4cc(S(N)(=O)=O)ccc4o3)CC2)cc(OCC)c1. The monoisotopic (exact) mass is 474 g/mol. The molecule has 0 saturated carbocycles. The maximum atomic E-state index is 11.5. The molecule has 0 radical (unpaired) electrons. The van der Waals surface area contributed by atoms with E-state index in [4.69, 9.17) is 19.0 Å². The third-order valence-electron chi connectivity index (χ3n) is 5.57. The van der Waals surface area contributed by atoms with Gasteiger partial charge in [0.2, 0.25) is 10.0 Å². The van der Waals surface area contributed by atoms with E-state index in [0.29, 0.717) is 30.3 Å². The van der Waals surface area contributed by atoms with Gasteiger partial charge in [0.05, 0.1) is 18.1 Å². The lowest BCUT2D eigenvalue weighted by atomic mass is 10.0. The van der Waals surface area contributed by atoms with Crippen molar-refractivity contribution >= 4 is 27.1 Å². The number of nitrogens with two attached hydrogens (primary N) is 1. The Bertz CT molecular complexity index is 1180. The van der Waals surface area contributed by atoms with Gasteiger partial charge in [-0.05, 0) is 62.6 Å². The zero-order chi connectivity index (χ0) is 23.4. The summed E-state index contributed by atoms with van der Waals surface area (Å²) >= 11 is 0. The first kappa shape index (κ1) is 23.3. The van der Waals surface area contributed by atoms with Gasteiger partial charge < -0.3 is 19.2 Å². The Morgan fingerprint density at radius 1 is 1.09 bits per heavy atom. The minimum atomic E-state index is -3.78. The molecule has 0 aliphatic carbocycles. The Morgan fingerprint density at radius 2 is 1.76 bits per heavy atom. The van der Waals surface area contributed by atoms with Gasteiger partial charge in [0, 0.05) is 31.7 Å². The summed E-state index contributed by atoms with van der Waals surface area (Å²) in [5.74, 6) is 1.66. The first-order valence-corrected chi connectivity index (χ1v) is 12.7. The largest absolute Gasteiger partial charge is 0.494 e. The van der Waals surface area contributed by atoms with E-state index in [1.165, 1.54) is 17.7 Å². The highest BCUT2D eigenvalue weighted by Gasteiger charge is 2.21. The van der Waals surface area contributed by atoms with Crippen LogP contribution in [0.3, 0.4) is 0 Å². The summed E-state index contributed by atoms with van der Waals surface area (Å²) in [5, 5.41) is 8.54. The lowest BCUT2D eigenvalue weighted by molar-refractivity contribution is 0.209. The molecule has 3 N–H and O–H groups in total. The van der Waals surface area contributed by atoms with Crippen LogP contribution in [0.25, 0.3) is 11.1 Å². The Morgan fingerprint density at radius 3 is 2.36 bits per heavy atom. The van der Waals surface area contributed by atoms with Crippen molar-refractivity contribution < 1.29 is 22.3 Å². The van der Waals surface area contributed by atoms with Crippen LogP contribution in [-0.4, -0.2) is 50.6 Å². The van der Waals surface area contributed by atoms with Crippen LogP contribution >= 0.6 is 0 Å². The third kappa shape index (κ3) is 5.95. The predicted molar refractivity (Wildman–Crippen MR) is 126 cm³/mol. The molecule has 10 heteroatoms. The number of ether oxygens (including phenoxy) is 2. The number of oxazole rings is 1. The number of primary sulfonamides is 1. The highest BCUT2D eigenvalue weighted by atomic mass is 32.2. The number of benzene rings is 2. The minimum Gasteiger partial charge on any atom is -0.494 e. The first-order chi connectivity index (χ1) is 15.8. The van der Waals surface area contributed by atoms with Gasteiger partial charge in [-0.15, -0.1) is 0 Å². The van der Waals surface area contributed by atoms with Crippen LogP contribution in [-0.2, 0) is 16.6 Å². The number of sulfonamides is 1. The van der Waals surface area contributed by atoms with Gasteiger partial charge in [0.15, 0.2) is 5.58 Å². The smallest absolute Gasteiger partial charge is 0.295 e. The van der Waals surface area contributed by atoms with E-state index in [1.54, 1.807) is 6.07 Å². The van der Waals surface area contributed by atoms with Crippen LogP contribution in [0.1, 0.15) is 32.3 Å². The molecule has 1 fully saturated rings. The molecular formula is C23H30N4O5S. The number of nitrogens with one attached hydrogen (secondary N) is 1. The number of anilines is 1. The molecule has 33 heavy (non-hydrogen) atoms. The van der Waals surface area contributed by atoms with Crippen LogP contribution in [0.15, 0.2) is 45.7 Å². The lowest BCUT2D eigenvalue weighted by Gasteiger charge is -2.32. The summed E-state index contributed by atoms with van der Waals surface area (Å²) in [7, 11) is -3.78. The second kappa shape index (κ2) is 9.98. The highest BCUT2D eigenvalue weighted by Crippen LogP contribution is 2.27. The maximum absolute atomic E-state index is 11.5. The van der Waals surface area contributed by atoms with Gasteiger partial charge in [0.1, 0.15) is 17.0 Å². The number of aromatic nitrogens is 1. The van der Waals surface area contributed by atoms with E-state index in [-0.39, 0.29) is 10.9 Å². The highest BCUT2D eigenvalue weighted by molar-refractivity contribution is 7.89. The quantitative estimate of drug-likeness (QED) is 0.484. The van der Waals surface area contributed by atoms with Crippen molar-refractivity contribution in [2.24, 2.45) is 5.14 Å². The van der Waals surface area contributed by atoms with Crippen LogP contribution in [0.2, 0.25) is 0 Å². The molecule has 0 atom stereocenters. The third-order valence-corrected chi connectivity index (χ3v) is 6.48. The van der Waals surface area contributed by atoms with Crippen LogP contribution in [0, 0.1) is 0 Å². The summed E-state index contributed by atoms with van der Waals surface area (Å²) < 4.78 is 40.2. The fourth-order valence-corrected chi connectivity index (χ4v) is 4.57. The van der Waals surface area contributed by atoms with Crippen molar-refractivity contribution in [1.29, 1.82) is 0 Å². The minimum absolute atomic E-state index is 0.0176. The van der Waals surface area contributed by atoms with Gasteiger partial charge in [-0.3, -0.25) is 4.90 Å². The van der Waals surface area contributed by atoms with E-state index in [2.05, 4.69) is 27.3 Å². The van der Waals surface area contributed by atoms with Crippen molar-refractivity contribution in [2.45, 2.75) is 44.2 Å². The fraction of sp³-hybridized carbons (Fsp3) is 0.435. The van der Waals surface area contributed by atoms with E-state index < -0.39 is 10.0 Å². The van der Waals surface area contributed by atoms with E-state index in [9.17, 15) is 8.42 Å². The molecule has 1 saturated heterocycles. The molecule has 2 heterocycles. The molecule has 4 rings (SSSR count). The summed E-state index contributed by atoms with van der Waals surface area (Å²) in [5.41, 5.74) is 2.14. The number of likely N-dealkylation sites (tertiary alicyclic amines) is 1. The molecule has 1 aliphatic rings. The number of piperidine rings is 1. The molecule has 3 aromatic rings. The van der Waals surface area contributed by atoms with Crippen LogP contribution < -0.4 is 19.9 Å². The second-order valence-corrected chi connectivity index (χ2v) is 9.63. The molecule has 1 aromatic heterocycles. The topological polar surface area (TPSA) is 120 Å². The molecular weight excluding hydrogens is 444 g/mol. The van der Waals surface area contributed by atoms with Crippen LogP contribution in [0.4, 0.5) is 6.01 Å². The number of hydrogen-bond donors (Lipinski definition) is 2. The molecule has 2 aromatic carbocycles. The zero-order valence-corrected chi connectivity index (χ0v) is 19.7. The molecule has 178 valence electrons. The van der Waals surface area contributed by atoms with Crippen molar-refractivity contribution in [1.82, 2.24) is 9.88 Å². The number of hydrogen-bond acceptors (Lipinski definition) is 8. The van der Waals surface area contributed by atoms with Gasteiger partial charge in [-0.25, -0.2) is 13.6 Å². The van der Waals surface area contributed by atoms with Crippen molar-refractivity contribution in [2.75, 3.05) is 31.6 Å². The summed E-state index contributed by atoms with van der Waals surface area (Å²) in [6.07, 6.45) is 1.87. The second-order valence-electron chi connectivity index (χ2n) is 8.07. The average molecular weight is 475 g/mol. The normalized spacial score (nSPS) is 15.6. The Labute approximate surface area is 193 Å². The summed E-state index contributed by atoms with van der Waals surface area (Å²) in [4.78, 5) is 6.81. The first-order valence-electron chi connectivity index (χ1n) is 11.2. The van der Waals surface area contributed by atoms with Crippen LogP contribution in [0.5, 0.6) is 11.5 Å². The Balaban J connectivity index is 1.35. The number of rotatable bonds is 9. The molecule has 0 bridgehead atoms. The van der Waals surface area contributed by atoms with Gasteiger partial charge in [-0.2, -0.15) is 4.98 Å². The van der Waals surface area contributed by atoms with Crippen molar-refractivity contribution in [3.8, 4) is 11.5 Å². The lowest BCUT2D eigenvalue weighted by Crippen LogP contribution is -2.38. The van der Waals surface area contributed by atoms with E-state index in [0.717, 1.165) is 44.0 Å². The summed E-state index contributed by atoms with van der Waals surface area (Å²) in [6.45, 7) is 7.86. The van der Waals surface area contributed by atoms with Gasteiger partial charge >= 0.3 is 0 Å². The number of fused-ring (bicyclic) bond motifs is 1. The van der Waals surface area contributed by atoms with Crippen molar-refractivity contribution in [3.05, 3.63) is 42.0 Å².